The zero-order valence-electron chi connectivity index (χ0n) is 11.3. The molecule has 21 heavy (non-hydrogen) atoms. The van der Waals surface area contributed by atoms with E-state index in [-0.39, 0.29) is 11.7 Å². The molecule has 0 aliphatic carbocycles. The molecule has 0 spiro atoms. The molecule has 0 aliphatic rings. The minimum absolute atomic E-state index is 0.0222. The van der Waals surface area contributed by atoms with Gasteiger partial charge in [-0.2, -0.15) is 13.2 Å². The lowest BCUT2D eigenvalue weighted by Gasteiger charge is -2.19. The number of para-hydroxylation sites is 1. The zero-order valence-corrected chi connectivity index (χ0v) is 11.3. The zero-order chi connectivity index (χ0) is 15.5. The van der Waals surface area contributed by atoms with Gasteiger partial charge in [-0.05, 0) is 30.7 Å². The predicted octanol–water partition coefficient (Wildman–Crippen LogP) is 4.69. The summed E-state index contributed by atoms with van der Waals surface area (Å²) in [5.74, 6) is 0. The van der Waals surface area contributed by atoms with Gasteiger partial charge in [0.1, 0.15) is 6.29 Å². The number of aldehydes is 1. The Bertz CT molecular complexity index is 637. The lowest BCUT2D eigenvalue weighted by atomic mass is 10.0. The van der Waals surface area contributed by atoms with Crippen LogP contribution >= 0.6 is 0 Å². The second-order valence-electron chi connectivity index (χ2n) is 4.70. The summed E-state index contributed by atoms with van der Waals surface area (Å²) in [5, 5.41) is 2.85. The molecule has 0 aliphatic heterocycles. The summed E-state index contributed by atoms with van der Waals surface area (Å²) in [6, 6.07) is 11.7. The van der Waals surface area contributed by atoms with Gasteiger partial charge in [-0.3, -0.25) is 4.79 Å². The van der Waals surface area contributed by atoms with E-state index in [1.807, 2.05) is 0 Å². The van der Waals surface area contributed by atoms with Crippen molar-refractivity contribution in [2.75, 3.05) is 5.32 Å². The average Bonchev–Trinajstić information content (AvgIpc) is 2.46. The van der Waals surface area contributed by atoms with E-state index in [1.165, 1.54) is 12.1 Å². The molecule has 0 bridgehead atoms. The van der Waals surface area contributed by atoms with E-state index in [2.05, 4.69) is 5.32 Å². The number of rotatable bonds is 4. The smallest absolute Gasteiger partial charge is 0.378 e. The summed E-state index contributed by atoms with van der Waals surface area (Å²) >= 11 is 0. The van der Waals surface area contributed by atoms with Gasteiger partial charge in [0.15, 0.2) is 0 Å². The third-order valence-corrected chi connectivity index (χ3v) is 3.15. The van der Waals surface area contributed by atoms with Gasteiger partial charge in [-0.25, -0.2) is 0 Å². The maximum absolute atomic E-state index is 12.9. The number of alkyl halides is 3. The van der Waals surface area contributed by atoms with Crippen molar-refractivity contribution in [1.82, 2.24) is 0 Å². The number of anilines is 1. The molecule has 0 radical (unpaired) electrons. The third kappa shape index (κ3) is 3.62. The third-order valence-electron chi connectivity index (χ3n) is 3.15. The van der Waals surface area contributed by atoms with Gasteiger partial charge < -0.3 is 5.32 Å². The Kier molecular flexibility index (Phi) is 4.31. The predicted molar refractivity (Wildman–Crippen MR) is 75.3 cm³/mol. The van der Waals surface area contributed by atoms with Crippen molar-refractivity contribution < 1.29 is 18.0 Å². The average molecular weight is 293 g/mol. The number of benzene rings is 2. The van der Waals surface area contributed by atoms with Gasteiger partial charge in [-0.15, -0.1) is 0 Å². The molecule has 0 saturated carbocycles. The Labute approximate surface area is 120 Å². The maximum atomic E-state index is 12.9. The topological polar surface area (TPSA) is 29.1 Å². The Morgan fingerprint density at radius 1 is 1.10 bits per heavy atom. The number of halogens is 3. The Morgan fingerprint density at radius 3 is 2.48 bits per heavy atom. The van der Waals surface area contributed by atoms with Gasteiger partial charge in [0.2, 0.25) is 0 Å². The molecule has 0 amide bonds. The van der Waals surface area contributed by atoms with Crippen molar-refractivity contribution >= 4 is 12.0 Å². The molecule has 1 unspecified atom stereocenters. The fourth-order valence-electron chi connectivity index (χ4n) is 2.07. The van der Waals surface area contributed by atoms with Crippen molar-refractivity contribution in [1.29, 1.82) is 0 Å². The molecule has 1 N–H and O–H groups in total. The van der Waals surface area contributed by atoms with Crippen LogP contribution in [0.25, 0.3) is 0 Å². The van der Waals surface area contributed by atoms with Gasteiger partial charge in [0.25, 0.3) is 0 Å². The normalized spacial score (nSPS) is 12.8. The van der Waals surface area contributed by atoms with Crippen LogP contribution in [0.1, 0.15) is 34.5 Å². The van der Waals surface area contributed by atoms with Crippen LogP contribution in [0.15, 0.2) is 48.5 Å². The standard InChI is InChI=1S/C16H14F3NO/c1-11(13-6-4-5-12(9-13)10-21)20-15-8-3-2-7-14(15)16(17,18)19/h2-11,20H,1H3. The van der Waals surface area contributed by atoms with Crippen LogP contribution in [-0.2, 0) is 6.18 Å². The molecule has 2 aromatic rings. The lowest BCUT2D eigenvalue weighted by Crippen LogP contribution is -2.13. The van der Waals surface area contributed by atoms with Crippen LogP contribution in [0.2, 0.25) is 0 Å². The second kappa shape index (κ2) is 5.99. The fraction of sp³-hybridized carbons (Fsp3) is 0.188. The first-order valence-electron chi connectivity index (χ1n) is 6.39. The van der Waals surface area contributed by atoms with Crippen molar-refractivity contribution in [3.8, 4) is 0 Å². The number of hydrogen-bond donors (Lipinski definition) is 1. The van der Waals surface area contributed by atoms with E-state index >= 15 is 0 Å². The van der Waals surface area contributed by atoms with Crippen LogP contribution in [0.4, 0.5) is 18.9 Å². The van der Waals surface area contributed by atoms with E-state index in [1.54, 1.807) is 37.3 Å². The highest BCUT2D eigenvalue weighted by Crippen LogP contribution is 2.35. The van der Waals surface area contributed by atoms with Crippen LogP contribution in [0, 0.1) is 0 Å². The molecule has 2 aromatic carbocycles. The molecule has 0 fully saturated rings. The van der Waals surface area contributed by atoms with E-state index in [4.69, 9.17) is 0 Å². The number of nitrogens with one attached hydrogen (secondary N) is 1. The first-order chi connectivity index (χ1) is 9.91. The Balaban J connectivity index is 2.27. The number of carbonyl (C=O) groups is 1. The molecule has 2 nitrogen and oxygen atoms in total. The van der Waals surface area contributed by atoms with E-state index in [0.717, 1.165) is 11.6 Å². The van der Waals surface area contributed by atoms with E-state index in [0.29, 0.717) is 11.8 Å². The largest absolute Gasteiger partial charge is 0.418 e. The van der Waals surface area contributed by atoms with Gasteiger partial charge in [-0.1, -0.05) is 30.3 Å². The summed E-state index contributed by atoms with van der Waals surface area (Å²) in [6.45, 7) is 1.75. The summed E-state index contributed by atoms with van der Waals surface area (Å²) in [6.07, 6.45) is -3.70. The second-order valence-corrected chi connectivity index (χ2v) is 4.70. The highest BCUT2D eigenvalue weighted by molar-refractivity contribution is 5.75. The molecule has 110 valence electrons. The molecule has 5 heteroatoms. The molecular weight excluding hydrogens is 279 g/mol. The van der Waals surface area contributed by atoms with E-state index in [9.17, 15) is 18.0 Å². The van der Waals surface area contributed by atoms with E-state index < -0.39 is 11.7 Å². The highest BCUT2D eigenvalue weighted by Gasteiger charge is 2.33. The maximum Gasteiger partial charge on any atom is 0.418 e. The SMILES string of the molecule is CC(Nc1ccccc1C(F)(F)F)c1cccc(C=O)c1. The number of carbonyl (C=O) groups excluding carboxylic acids is 1. The van der Waals surface area contributed by atoms with Gasteiger partial charge >= 0.3 is 6.18 Å². The first kappa shape index (κ1) is 15.1. The van der Waals surface area contributed by atoms with Crippen molar-refractivity contribution in [3.05, 3.63) is 65.2 Å². The quantitative estimate of drug-likeness (QED) is 0.828. The van der Waals surface area contributed by atoms with Crippen LogP contribution < -0.4 is 5.32 Å². The minimum atomic E-state index is -4.41. The monoisotopic (exact) mass is 293 g/mol. The first-order valence-corrected chi connectivity index (χ1v) is 6.39. The molecule has 0 saturated heterocycles. The number of hydrogen-bond acceptors (Lipinski definition) is 2. The fourth-order valence-corrected chi connectivity index (χ4v) is 2.07. The van der Waals surface area contributed by atoms with Gasteiger partial charge in [0.05, 0.1) is 5.56 Å². The molecule has 0 aromatic heterocycles. The van der Waals surface area contributed by atoms with Gasteiger partial charge in [0, 0.05) is 17.3 Å². The Hall–Kier alpha value is -2.30. The molecular formula is C16H14F3NO. The van der Waals surface area contributed by atoms with Crippen LogP contribution in [0.5, 0.6) is 0 Å². The molecule has 1 atom stereocenters. The summed E-state index contributed by atoms with van der Waals surface area (Å²) in [7, 11) is 0. The van der Waals surface area contributed by atoms with Crippen molar-refractivity contribution in [2.24, 2.45) is 0 Å². The Morgan fingerprint density at radius 2 is 1.81 bits per heavy atom. The molecule has 2 rings (SSSR count). The summed E-state index contributed by atoms with van der Waals surface area (Å²) in [5.41, 5.74) is 0.555. The lowest BCUT2D eigenvalue weighted by molar-refractivity contribution is -0.137. The molecule has 0 heterocycles. The van der Waals surface area contributed by atoms with Crippen LogP contribution in [0.3, 0.4) is 0 Å². The summed E-state index contributed by atoms with van der Waals surface area (Å²) in [4.78, 5) is 10.8. The minimum Gasteiger partial charge on any atom is -0.378 e. The van der Waals surface area contributed by atoms with Crippen molar-refractivity contribution in [3.63, 3.8) is 0 Å². The highest BCUT2D eigenvalue weighted by atomic mass is 19.4. The van der Waals surface area contributed by atoms with Crippen molar-refractivity contribution in [2.45, 2.75) is 19.1 Å². The van der Waals surface area contributed by atoms with Crippen LogP contribution in [-0.4, -0.2) is 6.29 Å². The summed E-state index contributed by atoms with van der Waals surface area (Å²) < 4.78 is 38.8.